The smallest absolute Gasteiger partial charge is 0.328 e. The maximum atomic E-state index is 12.7. The van der Waals surface area contributed by atoms with E-state index < -0.39 is 23.1 Å². The van der Waals surface area contributed by atoms with Crippen molar-refractivity contribution in [1.29, 1.82) is 0 Å². The molecule has 76 valence electrons. The molecular weight excluding hydrogens is 192 g/mol. The van der Waals surface area contributed by atoms with Crippen LogP contribution in [0.2, 0.25) is 0 Å². The van der Waals surface area contributed by atoms with Crippen molar-refractivity contribution in [3.05, 3.63) is 35.4 Å². The van der Waals surface area contributed by atoms with Crippen LogP contribution in [0.15, 0.2) is 18.2 Å². The number of hydrogen-bond acceptors (Lipinski definition) is 2. The lowest BCUT2D eigenvalue weighted by atomic mass is 9.93. The zero-order chi connectivity index (χ0) is 10.9. The van der Waals surface area contributed by atoms with Crippen LogP contribution < -0.4 is 5.73 Å². The van der Waals surface area contributed by atoms with E-state index >= 15 is 0 Å². The second-order valence-corrected chi connectivity index (χ2v) is 3.17. The highest BCUT2D eigenvalue weighted by Gasteiger charge is 2.31. The lowest BCUT2D eigenvalue weighted by molar-refractivity contribution is -0.143. The van der Waals surface area contributed by atoms with Gasteiger partial charge < -0.3 is 10.8 Å². The van der Waals surface area contributed by atoms with Gasteiger partial charge in [-0.05, 0) is 24.6 Å². The Morgan fingerprint density at radius 1 is 1.36 bits per heavy atom. The fourth-order valence-electron chi connectivity index (χ4n) is 0.977. The molecule has 3 N–H and O–H groups in total. The van der Waals surface area contributed by atoms with E-state index in [0.29, 0.717) is 6.07 Å². The summed E-state index contributed by atoms with van der Waals surface area (Å²) in [5, 5.41) is 8.71. The summed E-state index contributed by atoms with van der Waals surface area (Å²) < 4.78 is 25.5. The molecule has 1 rings (SSSR count). The van der Waals surface area contributed by atoms with E-state index in [-0.39, 0.29) is 5.56 Å². The Balaban J connectivity index is 3.25. The van der Waals surface area contributed by atoms with E-state index in [2.05, 4.69) is 0 Å². The first-order valence-electron chi connectivity index (χ1n) is 3.83. The highest BCUT2D eigenvalue weighted by Crippen LogP contribution is 2.20. The fraction of sp³-hybridized carbons (Fsp3) is 0.222. The summed E-state index contributed by atoms with van der Waals surface area (Å²) in [5.74, 6) is -3.04. The first-order chi connectivity index (χ1) is 6.34. The Morgan fingerprint density at radius 3 is 2.14 bits per heavy atom. The Kier molecular flexibility index (Phi) is 2.53. The van der Waals surface area contributed by atoms with E-state index in [4.69, 9.17) is 10.8 Å². The molecule has 0 radical (unpaired) electrons. The Morgan fingerprint density at radius 2 is 1.79 bits per heavy atom. The van der Waals surface area contributed by atoms with Crippen LogP contribution >= 0.6 is 0 Å². The van der Waals surface area contributed by atoms with Crippen molar-refractivity contribution in [2.45, 2.75) is 12.5 Å². The van der Waals surface area contributed by atoms with Gasteiger partial charge >= 0.3 is 5.97 Å². The van der Waals surface area contributed by atoms with E-state index in [9.17, 15) is 13.6 Å². The summed E-state index contributed by atoms with van der Waals surface area (Å²) in [5.41, 5.74) is 3.49. The molecular formula is C9H9F2NO2. The van der Waals surface area contributed by atoms with Crippen molar-refractivity contribution in [2.75, 3.05) is 0 Å². The summed E-state index contributed by atoms with van der Waals surface area (Å²) in [6, 6.07) is 2.45. The largest absolute Gasteiger partial charge is 0.480 e. The van der Waals surface area contributed by atoms with Gasteiger partial charge in [-0.1, -0.05) is 0 Å². The molecule has 0 aliphatic rings. The number of carboxylic acid groups (broad SMARTS) is 1. The predicted octanol–water partition coefficient (Wildman–Crippen LogP) is 1.22. The van der Waals surface area contributed by atoms with Crippen LogP contribution in [0.1, 0.15) is 12.5 Å². The summed E-state index contributed by atoms with van der Waals surface area (Å²) >= 11 is 0. The van der Waals surface area contributed by atoms with Crippen LogP contribution in [-0.2, 0) is 10.3 Å². The van der Waals surface area contributed by atoms with Crippen molar-refractivity contribution < 1.29 is 18.7 Å². The molecule has 1 aromatic rings. The molecule has 3 nitrogen and oxygen atoms in total. The Hall–Kier alpha value is -1.49. The molecule has 0 bridgehead atoms. The molecule has 1 aromatic carbocycles. The highest BCUT2D eigenvalue weighted by molar-refractivity contribution is 5.79. The third-order valence-electron chi connectivity index (χ3n) is 1.91. The van der Waals surface area contributed by atoms with Crippen molar-refractivity contribution >= 4 is 5.97 Å². The van der Waals surface area contributed by atoms with Crippen LogP contribution in [0, 0.1) is 11.6 Å². The number of carbonyl (C=O) groups is 1. The van der Waals surface area contributed by atoms with Gasteiger partial charge in [0.05, 0.1) is 0 Å². The Labute approximate surface area is 79.2 Å². The third kappa shape index (κ3) is 1.88. The van der Waals surface area contributed by atoms with E-state index in [1.54, 1.807) is 0 Å². The highest BCUT2D eigenvalue weighted by atomic mass is 19.1. The van der Waals surface area contributed by atoms with E-state index in [1.165, 1.54) is 6.92 Å². The first-order valence-corrected chi connectivity index (χ1v) is 3.83. The van der Waals surface area contributed by atoms with Gasteiger partial charge in [-0.15, -0.1) is 0 Å². The maximum Gasteiger partial charge on any atom is 0.328 e. The minimum atomic E-state index is -1.79. The molecule has 0 saturated carbocycles. The Bertz CT molecular complexity index is 357. The second kappa shape index (κ2) is 3.34. The van der Waals surface area contributed by atoms with Crippen molar-refractivity contribution in [3.8, 4) is 0 Å². The van der Waals surface area contributed by atoms with Crippen LogP contribution in [0.25, 0.3) is 0 Å². The van der Waals surface area contributed by atoms with Gasteiger partial charge in [-0.3, -0.25) is 0 Å². The molecule has 0 heterocycles. The molecule has 0 spiro atoms. The van der Waals surface area contributed by atoms with Gasteiger partial charge in [-0.25, -0.2) is 13.6 Å². The molecule has 0 aliphatic carbocycles. The molecule has 14 heavy (non-hydrogen) atoms. The van der Waals surface area contributed by atoms with E-state index in [0.717, 1.165) is 12.1 Å². The molecule has 5 heteroatoms. The fourth-order valence-corrected chi connectivity index (χ4v) is 0.977. The third-order valence-corrected chi connectivity index (χ3v) is 1.91. The number of rotatable bonds is 2. The summed E-state index contributed by atoms with van der Waals surface area (Å²) in [6.07, 6.45) is 0. The van der Waals surface area contributed by atoms with Gasteiger partial charge in [0.1, 0.15) is 17.2 Å². The summed E-state index contributed by atoms with van der Waals surface area (Å²) in [7, 11) is 0. The van der Waals surface area contributed by atoms with Crippen LogP contribution in [0.5, 0.6) is 0 Å². The SMILES string of the molecule is C[C@](N)(C(=O)O)c1cc(F)cc(F)c1. The number of aliphatic carboxylic acids is 1. The molecule has 0 fully saturated rings. The average molecular weight is 201 g/mol. The van der Waals surface area contributed by atoms with Gasteiger partial charge in [-0.2, -0.15) is 0 Å². The van der Waals surface area contributed by atoms with Crippen molar-refractivity contribution in [2.24, 2.45) is 5.73 Å². The first kappa shape index (κ1) is 10.6. The molecule has 0 aliphatic heterocycles. The number of hydrogen-bond donors (Lipinski definition) is 2. The van der Waals surface area contributed by atoms with Crippen LogP contribution in [0.4, 0.5) is 8.78 Å². The van der Waals surface area contributed by atoms with Gasteiger partial charge in [0.2, 0.25) is 0 Å². The zero-order valence-electron chi connectivity index (χ0n) is 7.42. The molecule has 0 saturated heterocycles. The lowest BCUT2D eigenvalue weighted by Gasteiger charge is -2.19. The topological polar surface area (TPSA) is 63.3 Å². The standard InChI is InChI=1S/C9H9F2NO2/c1-9(12,8(13)14)5-2-6(10)4-7(11)3-5/h2-4H,12H2,1H3,(H,13,14)/t9-/m1/s1. The van der Waals surface area contributed by atoms with Gasteiger partial charge in [0, 0.05) is 6.07 Å². The van der Waals surface area contributed by atoms with Crippen molar-refractivity contribution in [1.82, 2.24) is 0 Å². The monoisotopic (exact) mass is 201 g/mol. The quantitative estimate of drug-likeness (QED) is 0.756. The normalized spacial score (nSPS) is 14.9. The van der Waals surface area contributed by atoms with Gasteiger partial charge in [0.15, 0.2) is 0 Å². The number of carboxylic acids is 1. The number of nitrogens with two attached hydrogens (primary N) is 1. The predicted molar refractivity (Wildman–Crippen MR) is 45.5 cm³/mol. The molecule has 0 amide bonds. The van der Waals surface area contributed by atoms with Gasteiger partial charge in [0.25, 0.3) is 0 Å². The maximum absolute atomic E-state index is 12.7. The second-order valence-electron chi connectivity index (χ2n) is 3.17. The average Bonchev–Trinajstić information content (AvgIpc) is 2.01. The molecule has 1 atom stereocenters. The minimum Gasteiger partial charge on any atom is -0.480 e. The summed E-state index contributed by atoms with van der Waals surface area (Å²) in [6.45, 7) is 1.17. The van der Waals surface area contributed by atoms with Crippen molar-refractivity contribution in [3.63, 3.8) is 0 Å². The number of halogens is 2. The van der Waals surface area contributed by atoms with E-state index in [1.807, 2.05) is 0 Å². The minimum absolute atomic E-state index is 0.109. The van der Waals surface area contributed by atoms with Crippen LogP contribution in [-0.4, -0.2) is 11.1 Å². The molecule has 0 unspecified atom stereocenters. The summed E-state index contributed by atoms with van der Waals surface area (Å²) in [4.78, 5) is 10.7. The number of benzene rings is 1. The lowest BCUT2D eigenvalue weighted by Crippen LogP contribution is -2.41. The van der Waals surface area contributed by atoms with Crippen LogP contribution in [0.3, 0.4) is 0 Å². The molecule has 0 aromatic heterocycles. The zero-order valence-corrected chi connectivity index (χ0v) is 7.42.